The Morgan fingerprint density at radius 3 is 2.58 bits per heavy atom. The molecule has 0 saturated heterocycles. The van der Waals surface area contributed by atoms with Gasteiger partial charge < -0.3 is 10.6 Å². The molecule has 0 spiro atoms. The zero-order valence-corrected chi connectivity index (χ0v) is 11.9. The van der Waals surface area contributed by atoms with Crippen molar-refractivity contribution in [3.05, 3.63) is 24.3 Å². The van der Waals surface area contributed by atoms with Crippen LogP contribution < -0.4 is 11.1 Å². The van der Waals surface area contributed by atoms with Crippen LogP contribution in [0.2, 0.25) is 0 Å². The van der Waals surface area contributed by atoms with Crippen LogP contribution in [0.25, 0.3) is 0 Å². The van der Waals surface area contributed by atoms with E-state index in [0.717, 1.165) is 19.6 Å². The number of aromatic nitrogens is 2. The molecule has 1 unspecified atom stereocenters. The predicted octanol–water partition coefficient (Wildman–Crippen LogP) is 0.109. The fourth-order valence-corrected chi connectivity index (χ4v) is 1.87. The Morgan fingerprint density at radius 1 is 1.42 bits per heavy atom. The Hall–Kier alpha value is -1.53. The van der Waals surface area contributed by atoms with Crippen LogP contribution in [0.1, 0.15) is 26.5 Å². The Balaban J connectivity index is 2.71. The van der Waals surface area contributed by atoms with Crippen LogP contribution in [0.4, 0.5) is 0 Å². The zero-order chi connectivity index (χ0) is 14.3. The average Bonchev–Trinajstić information content (AvgIpc) is 2.44. The highest BCUT2D eigenvalue weighted by atomic mass is 16.1. The third-order valence-corrected chi connectivity index (χ3v) is 3.37. The van der Waals surface area contributed by atoms with E-state index in [1.165, 1.54) is 0 Å². The van der Waals surface area contributed by atoms with Gasteiger partial charge in [-0.15, -0.1) is 0 Å². The minimum absolute atomic E-state index is 0.451. The second-order valence-corrected chi connectivity index (χ2v) is 4.53. The van der Waals surface area contributed by atoms with Crippen LogP contribution >= 0.6 is 0 Å². The number of rotatable bonds is 8. The lowest BCUT2D eigenvalue weighted by molar-refractivity contribution is -0.124. The highest BCUT2D eigenvalue weighted by Gasteiger charge is 2.34. The van der Waals surface area contributed by atoms with Gasteiger partial charge in [0.15, 0.2) is 0 Å². The second kappa shape index (κ2) is 7.16. The lowest BCUT2D eigenvalue weighted by atomic mass is 9.97. The lowest BCUT2D eigenvalue weighted by Crippen LogP contribution is -2.52. The van der Waals surface area contributed by atoms with E-state index in [4.69, 9.17) is 5.73 Å². The maximum atomic E-state index is 11.7. The van der Waals surface area contributed by atoms with Gasteiger partial charge in [-0.3, -0.25) is 20.1 Å². The van der Waals surface area contributed by atoms with Gasteiger partial charge in [0.2, 0.25) is 5.91 Å². The van der Waals surface area contributed by atoms with Crippen molar-refractivity contribution in [2.75, 3.05) is 26.2 Å². The summed E-state index contributed by atoms with van der Waals surface area (Å²) in [4.78, 5) is 22.1. The summed E-state index contributed by atoms with van der Waals surface area (Å²) in [6.45, 7) is 9.45. The van der Waals surface area contributed by atoms with Crippen LogP contribution in [-0.2, 0) is 10.3 Å². The van der Waals surface area contributed by atoms with E-state index in [-0.39, 0.29) is 0 Å². The monoisotopic (exact) mass is 265 g/mol. The summed E-state index contributed by atoms with van der Waals surface area (Å²) in [5, 5.41) is 3.19. The number of likely N-dealkylation sites (N-methyl/N-ethyl adjacent to an activating group) is 1. The molecule has 0 radical (unpaired) electrons. The van der Waals surface area contributed by atoms with Crippen molar-refractivity contribution >= 4 is 5.91 Å². The number of nitrogens with two attached hydrogens (primary N) is 1. The van der Waals surface area contributed by atoms with Crippen molar-refractivity contribution in [1.82, 2.24) is 20.2 Å². The predicted molar refractivity (Wildman–Crippen MR) is 74.4 cm³/mol. The first-order valence-corrected chi connectivity index (χ1v) is 6.58. The molecular formula is C13H23N5O. The van der Waals surface area contributed by atoms with Gasteiger partial charge in [0.25, 0.3) is 0 Å². The van der Waals surface area contributed by atoms with Crippen molar-refractivity contribution in [3.63, 3.8) is 0 Å². The minimum Gasteiger partial charge on any atom is -0.368 e. The standard InChI is InChI=1S/C13H23N5O/c1-4-18(5-2)9-8-17-13(3,12(14)19)11-10-15-6-7-16-11/h6-7,10,17H,4-5,8-9H2,1-3H3,(H2,14,19). The summed E-state index contributed by atoms with van der Waals surface area (Å²) in [5.74, 6) is -0.451. The molecule has 6 nitrogen and oxygen atoms in total. The first-order valence-electron chi connectivity index (χ1n) is 6.58. The molecule has 0 fully saturated rings. The Bertz CT molecular complexity index is 393. The molecule has 19 heavy (non-hydrogen) atoms. The van der Waals surface area contributed by atoms with Gasteiger partial charge in [-0.1, -0.05) is 13.8 Å². The van der Waals surface area contributed by atoms with E-state index in [0.29, 0.717) is 12.2 Å². The Kier molecular flexibility index (Phi) is 5.85. The topological polar surface area (TPSA) is 84.1 Å². The SMILES string of the molecule is CCN(CC)CCNC(C)(C(N)=O)c1cnccn1. The number of carbonyl (C=O) groups is 1. The van der Waals surface area contributed by atoms with Gasteiger partial charge >= 0.3 is 0 Å². The molecule has 0 aliphatic carbocycles. The molecule has 1 heterocycles. The molecule has 0 bridgehead atoms. The summed E-state index contributed by atoms with van der Waals surface area (Å²) < 4.78 is 0. The first-order chi connectivity index (χ1) is 9.04. The van der Waals surface area contributed by atoms with E-state index in [1.807, 2.05) is 0 Å². The molecule has 1 aromatic rings. The number of nitrogens with one attached hydrogen (secondary N) is 1. The molecule has 106 valence electrons. The van der Waals surface area contributed by atoms with E-state index in [1.54, 1.807) is 25.5 Å². The zero-order valence-electron chi connectivity index (χ0n) is 11.9. The smallest absolute Gasteiger partial charge is 0.243 e. The van der Waals surface area contributed by atoms with Crippen molar-refractivity contribution in [3.8, 4) is 0 Å². The fraction of sp³-hybridized carbons (Fsp3) is 0.615. The van der Waals surface area contributed by atoms with Crippen molar-refractivity contribution in [2.45, 2.75) is 26.3 Å². The van der Waals surface area contributed by atoms with E-state index < -0.39 is 11.4 Å². The maximum absolute atomic E-state index is 11.7. The summed E-state index contributed by atoms with van der Waals surface area (Å²) in [5.41, 5.74) is 5.06. The molecule has 6 heteroatoms. The molecular weight excluding hydrogens is 242 g/mol. The minimum atomic E-state index is -0.985. The van der Waals surface area contributed by atoms with Gasteiger partial charge in [-0.05, 0) is 20.0 Å². The Labute approximate surface area is 114 Å². The van der Waals surface area contributed by atoms with E-state index in [9.17, 15) is 4.79 Å². The summed E-state index contributed by atoms with van der Waals surface area (Å²) in [7, 11) is 0. The van der Waals surface area contributed by atoms with Crippen molar-refractivity contribution in [1.29, 1.82) is 0 Å². The molecule has 1 rings (SSSR count). The quantitative estimate of drug-likeness (QED) is 0.697. The number of nitrogens with zero attached hydrogens (tertiary/aromatic N) is 3. The lowest BCUT2D eigenvalue weighted by Gasteiger charge is -2.28. The molecule has 1 atom stereocenters. The Morgan fingerprint density at radius 2 is 2.11 bits per heavy atom. The molecule has 1 aromatic heterocycles. The van der Waals surface area contributed by atoms with Gasteiger partial charge in [0.1, 0.15) is 5.54 Å². The number of primary amides is 1. The van der Waals surface area contributed by atoms with Gasteiger partial charge in [-0.2, -0.15) is 0 Å². The number of hydrogen-bond donors (Lipinski definition) is 2. The maximum Gasteiger partial charge on any atom is 0.243 e. The highest BCUT2D eigenvalue weighted by molar-refractivity contribution is 5.85. The molecule has 0 aliphatic heterocycles. The summed E-state index contributed by atoms with van der Waals surface area (Å²) >= 11 is 0. The number of amides is 1. The van der Waals surface area contributed by atoms with E-state index in [2.05, 4.69) is 34.0 Å². The largest absolute Gasteiger partial charge is 0.368 e. The second-order valence-electron chi connectivity index (χ2n) is 4.53. The average molecular weight is 265 g/mol. The normalized spacial score (nSPS) is 14.3. The first kappa shape index (κ1) is 15.5. The number of hydrogen-bond acceptors (Lipinski definition) is 5. The molecule has 0 saturated carbocycles. The fourth-order valence-electron chi connectivity index (χ4n) is 1.87. The van der Waals surface area contributed by atoms with Crippen LogP contribution in [0.5, 0.6) is 0 Å². The molecule has 3 N–H and O–H groups in total. The van der Waals surface area contributed by atoms with Crippen LogP contribution in [0.3, 0.4) is 0 Å². The van der Waals surface area contributed by atoms with Crippen LogP contribution in [0, 0.1) is 0 Å². The summed E-state index contributed by atoms with van der Waals surface area (Å²) in [6.07, 6.45) is 4.69. The molecule has 1 amide bonds. The van der Waals surface area contributed by atoms with E-state index >= 15 is 0 Å². The van der Waals surface area contributed by atoms with Crippen LogP contribution in [0.15, 0.2) is 18.6 Å². The number of carbonyl (C=O) groups excluding carboxylic acids is 1. The third-order valence-electron chi connectivity index (χ3n) is 3.37. The molecule has 0 aliphatic rings. The van der Waals surface area contributed by atoms with Crippen molar-refractivity contribution < 1.29 is 4.79 Å². The molecule has 0 aromatic carbocycles. The summed E-state index contributed by atoms with van der Waals surface area (Å²) in [6, 6.07) is 0. The van der Waals surface area contributed by atoms with Crippen LogP contribution in [-0.4, -0.2) is 47.0 Å². The van der Waals surface area contributed by atoms with Gasteiger partial charge in [0.05, 0.1) is 11.9 Å². The van der Waals surface area contributed by atoms with Crippen molar-refractivity contribution in [2.24, 2.45) is 5.73 Å². The highest BCUT2D eigenvalue weighted by Crippen LogP contribution is 2.16. The third kappa shape index (κ3) is 3.97. The van der Waals surface area contributed by atoms with Gasteiger partial charge in [-0.25, -0.2) is 0 Å². The van der Waals surface area contributed by atoms with Gasteiger partial charge in [0, 0.05) is 25.5 Å².